The summed E-state index contributed by atoms with van der Waals surface area (Å²) in [6.07, 6.45) is -5.08. The molecule has 0 radical (unpaired) electrons. The van der Waals surface area contributed by atoms with Gasteiger partial charge in [0.25, 0.3) is 0 Å². The van der Waals surface area contributed by atoms with Gasteiger partial charge >= 0.3 is 6.29 Å². The van der Waals surface area contributed by atoms with Crippen LogP contribution >= 0.6 is 0 Å². The lowest BCUT2D eigenvalue weighted by molar-refractivity contribution is -0.514. The Hall–Kier alpha value is -0.360. The molecule has 0 aromatic heterocycles. The van der Waals surface area contributed by atoms with E-state index in [2.05, 4.69) is 9.47 Å². The highest BCUT2D eigenvalue weighted by molar-refractivity contribution is 4.77. The molecular weight excluding hydrogens is 180 g/mol. The molecule has 2 nitrogen and oxygen atoms in total. The number of ether oxygens (including phenoxy) is 2. The van der Waals surface area contributed by atoms with Gasteiger partial charge < -0.3 is 0 Å². The standard InChI is InChI=1S/C6H8F4O2/c1-4(7)3-5(2,8)12-6(9,10)11-4/h3H2,1-2H3. The van der Waals surface area contributed by atoms with Crippen molar-refractivity contribution in [1.29, 1.82) is 0 Å². The summed E-state index contributed by atoms with van der Waals surface area (Å²) in [6, 6.07) is 0. The summed E-state index contributed by atoms with van der Waals surface area (Å²) in [5.74, 6) is -5.41. The molecule has 2 unspecified atom stereocenters. The summed E-state index contributed by atoms with van der Waals surface area (Å²) >= 11 is 0. The van der Waals surface area contributed by atoms with E-state index in [4.69, 9.17) is 0 Å². The van der Waals surface area contributed by atoms with Gasteiger partial charge in [-0.05, 0) is 13.8 Å². The Morgan fingerprint density at radius 1 is 0.917 bits per heavy atom. The number of halogens is 4. The number of hydrogen-bond acceptors (Lipinski definition) is 2. The highest BCUT2D eigenvalue weighted by atomic mass is 19.3. The summed E-state index contributed by atoms with van der Waals surface area (Å²) in [6.45, 7) is 1.45. The van der Waals surface area contributed by atoms with Gasteiger partial charge in [0.2, 0.25) is 11.7 Å². The monoisotopic (exact) mass is 188 g/mol. The third-order valence-corrected chi connectivity index (χ3v) is 1.29. The van der Waals surface area contributed by atoms with Crippen LogP contribution in [0.1, 0.15) is 20.3 Å². The van der Waals surface area contributed by atoms with Gasteiger partial charge in [-0.25, -0.2) is 8.78 Å². The van der Waals surface area contributed by atoms with Gasteiger partial charge in [0, 0.05) is 0 Å². The second kappa shape index (κ2) is 2.32. The van der Waals surface area contributed by atoms with Crippen LogP contribution in [0.3, 0.4) is 0 Å². The van der Waals surface area contributed by atoms with Gasteiger partial charge in [0.05, 0.1) is 6.42 Å². The van der Waals surface area contributed by atoms with E-state index in [1.165, 1.54) is 0 Å². The molecule has 0 aromatic carbocycles. The third-order valence-electron chi connectivity index (χ3n) is 1.29. The highest BCUT2D eigenvalue weighted by Gasteiger charge is 2.56. The molecule has 1 fully saturated rings. The Morgan fingerprint density at radius 3 is 1.50 bits per heavy atom. The summed E-state index contributed by atoms with van der Waals surface area (Å²) in [5.41, 5.74) is 0. The van der Waals surface area contributed by atoms with Crippen molar-refractivity contribution >= 4 is 0 Å². The first-order chi connectivity index (χ1) is 5.12. The normalized spacial score (nSPS) is 47.5. The first-order valence-corrected chi connectivity index (χ1v) is 3.28. The SMILES string of the molecule is CC1(F)CC(C)(F)OC(F)(F)O1. The molecule has 1 aliphatic rings. The Balaban J connectivity index is 2.81. The zero-order valence-electron chi connectivity index (χ0n) is 6.54. The van der Waals surface area contributed by atoms with Crippen molar-refractivity contribution in [3.8, 4) is 0 Å². The molecule has 2 atom stereocenters. The van der Waals surface area contributed by atoms with Crippen LogP contribution in [-0.2, 0) is 9.47 Å². The van der Waals surface area contributed by atoms with Crippen LogP contribution < -0.4 is 0 Å². The van der Waals surface area contributed by atoms with E-state index in [-0.39, 0.29) is 0 Å². The van der Waals surface area contributed by atoms with E-state index in [1.807, 2.05) is 0 Å². The Bertz CT molecular complexity index is 145. The topological polar surface area (TPSA) is 18.5 Å². The maximum absolute atomic E-state index is 12.8. The van der Waals surface area contributed by atoms with Crippen LogP contribution in [-0.4, -0.2) is 18.0 Å². The average Bonchev–Trinajstić information content (AvgIpc) is 1.44. The summed E-state index contributed by atoms with van der Waals surface area (Å²) in [7, 11) is 0. The maximum atomic E-state index is 12.8. The molecule has 0 spiro atoms. The molecule has 0 amide bonds. The van der Waals surface area contributed by atoms with Crippen LogP contribution in [0.25, 0.3) is 0 Å². The van der Waals surface area contributed by atoms with E-state index in [0.29, 0.717) is 0 Å². The fourth-order valence-electron chi connectivity index (χ4n) is 1.15. The molecule has 6 heteroatoms. The largest absolute Gasteiger partial charge is 0.490 e. The van der Waals surface area contributed by atoms with Crippen molar-refractivity contribution < 1.29 is 27.0 Å². The second-order valence-electron chi connectivity index (χ2n) is 3.05. The molecule has 0 bridgehead atoms. The van der Waals surface area contributed by atoms with Gasteiger partial charge in [-0.2, -0.15) is 0 Å². The van der Waals surface area contributed by atoms with Gasteiger partial charge in [0.1, 0.15) is 0 Å². The van der Waals surface area contributed by atoms with Gasteiger partial charge in [-0.1, -0.05) is 0 Å². The molecule has 12 heavy (non-hydrogen) atoms. The molecule has 0 saturated carbocycles. The van der Waals surface area contributed by atoms with Crippen LogP contribution in [0.5, 0.6) is 0 Å². The molecule has 1 heterocycles. The first-order valence-electron chi connectivity index (χ1n) is 3.28. The van der Waals surface area contributed by atoms with E-state index < -0.39 is 24.4 Å². The van der Waals surface area contributed by atoms with Crippen molar-refractivity contribution in [2.45, 2.75) is 38.3 Å². The molecule has 0 aromatic rings. The first kappa shape index (κ1) is 9.73. The fourth-order valence-corrected chi connectivity index (χ4v) is 1.15. The van der Waals surface area contributed by atoms with Crippen molar-refractivity contribution in [1.82, 2.24) is 0 Å². The van der Waals surface area contributed by atoms with Crippen molar-refractivity contribution in [2.24, 2.45) is 0 Å². The molecular formula is C6H8F4O2. The minimum Gasteiger partial charge on any atom is -0.258 e. The molecule has 1 rings (SSSR count). The number of hydrogen-bond donors (Lipinski definition) is 0. The van der Waals surface area contributed by atoms with Crippen LogP contribution in [0, 0.1) is 0 Å². The summed E-state index contributed by atoms with van der Waals surface area (Å²) in [5, 5.41) is 0. The van der Waals surface area contributed by atoms with Gasteiger partial charge in [0.15, 0.2) is 0 Å². The summed E-state index contributed by atoms with van der Waals surface area (Å²) in [4.78, 5) is 0. The van der Waals surface area contributed by atoms with Crippen molar-refractivity contribution in [2.75, 3.05) is 0 Å². The third kappa shape index (κ3) is 2.31. The molecule has 0 aliphatic carbocycles. The smallest absolute Gasteiger partial charge is 0.258 e. The predicted molar refractivity (Wildman–Crippen MR) is 30.8 cm³/mol. The minimum absolute atomic E-state index is 0.723. The lowest BCUT2D eigenvalue weighted by Crippen LogP contribution is -2.51. The predicted octanol–water partition coefficient (Wildman–Crippen LogP) is 2.34. The van der Waals surface area contributed by atoms with E-state index in [0.717, 1.165) is 13.8 Å². The quantitative estimate of drug-likeness (QED) is 0.543. The van der Waals surface area contributed by atoms with E-state index >= 15 is 0 Å². The Labute approximate surface area is 66.4 Å². The molecule has 72 valence electrons. The lowest BCUT2D eigenvalue weighted by atomic mass is 10.1. The zero-order chi connectivity index (χ0) is 9.62. The molecule has 1 saturated heterocycles. The molecule has 0 N–H and O–H groups in total. The Morgan fingerprint density at radius 2 is 1.25 bits per heavy atom. The Kier molecular flexibility index (Phi) is 1.88. The highest BCUT2D eigenvalue weighted by Crippen LogP contribution is 2.42. The lowest BCUT2D eigenvalue weighted by Gasteiger charge is -2.38. The fraction of sp³-hybridized carbons (Fsp3) is 1.00. The number of alkyl halides is 4. The average molecular weight is 188 g/mol. The van der Waals surface area contributed by atoms with Crippen LogP contribution in [0.4, 0.5) is 17.6 Å². The minimum atomic E-state index is -4.20. The molecule has 1 aliphatic heterocycles. The van der Waals surface area contributed by atoms with Crippen LogP contribution in [0.15, 0.2) is 0 Å². The number of rotatable bonds is 0. The van der Waals surface area contributed by atoms with Gasteiger partial charge in [-0.15, -0.1) is 8.78 Å². The van der Waals surface area contributed by atoms with Crippen molar-refractivity contribution in [3.63, 3.8) is 0 Å². The van der Waals surface area contributed by atoms with E-state index in [9.17, 15) is 17.6 Å². The maximum Gasteiger partial charge on any atom is 0.490 e. The van der Waals surface area contributed by atoms with Gasteiger partial charge in [-0.3, -0.25) is 9.47 Å². The van der Waals surface area contributed by atoms with Crippen LogP contribution in [0.2, 0.25) is 0 Å². The summed E-state index contributed by atoms with van der Waals surface area (Å²) < 4.78 is 57.3. The van der Waals surface area contributed by atoms with Crippen molar-refractivity contribution in [3.05, 3.63) is 0 Å². The zero-order valence-corrected chi connectivity index (χ0v) is 6.54. The second-order valence-corrected chi connectivity index (χ2v) is 3.05. The van der Waals surface area contributed by atoms with E-state index in [1.54, 1.807) is 0 Å².